The van der Waals surface area contributed by atoms with Crippen LogP contribution >= 0.6 is 15.9 Å². The van der Waals surface area contributed by atoms with Gasteiger partial charge in [0.2, 0.25) is 0 Å². The van der Waals surface area contributed by atoms with Gasteiger partial charge in [-0.2, -0.15) is 0 Å². The molecule has 2 aromatic rings. The quantitative estimate of drug-likeness (QED) is 0.528. The Hall–Kier alpha value is -2.11. The number of rotatable bonds is 5. The molecule has 0 aliphatic carbocycles. The molecular formula is C27H34BrN3O. The summed E-state index contributed by atoms with van der Waals surface area (Å²) in [6, 6.07) is 16.7. The number of nitrogens with one attached hydrogen (secondary N) is 1. The highest BCUT2D eigenvalue weighted by molar-refractivity contribution is 9.10. The fourth-order valence-corrected chi connectivity index (χ4v) is 4.94. The van der Waals surface area contributed by atoms with Crippen LogP contribution < -0.4 is 10.1 Å². The van der Waals surface area contributed by atoms with Crippen LogP contribution in [0.15, 0.2) is 64.2 Å². The van der Waals surface area contributed by atoms with Crippen LogP contribution in [0.25, 0.3) is 5.57 Å². The van der Waals surface area contributed by atoms with Crippen LogP contribution in [0.3, 0.4) is 0 Å². The van der Waals surface area contributed by atoms with Crippen LogP contribution in [-0.2, 0) is 0 Å². The zero-order valence-corrected chi connectivity index (χ0v) is 21.2. The minimum atomic E-state index is -0.0555. The molecule has 2 aliphatic heterocycles. The number of nitrogens with zero attached hydrogens (tertiary/aromatic N) is 2. The Morgan fingerprint density at radius 3 is 2.47 bits per heavy atom. The van der Waals surface area contributed by atoms with Gasteiger partial charge in [0.05, 0.1) is 12.8 Å². The maximum Gasteiger partial charge on any atom is 0.144 e. The van der Waals surface area contributed by atoms with Crippen molar-refractivity contribution in [1.82, 2.24) is 10.2 Å². The van der Waals surface area contributed by atoms with E-state index in [1.807, 2.05) is 6.07 Å². The molecule has 2 aliphatic rings. The lowest BCUT2D eigenvalue weighted by atomic mass is 9.84. The Morgan fingerprint density at radius 2 is 1.81 bits per heavy atom. The summed E-state index contributed by atoms with van der Waals surface area (Å²) in [5.74, 6) is 1.33. The number of piperidine rings is 1. The molecule has 1 fully saturated rings. The van der Waals surface area contributed by atoms with Gasteiger partial charge in [0, 0.05) is 28.7 Å². The SMILES string of the molecule is COc1cccc(C2=CNC(c3ccc(Br)cc3)N=C2C2CCN(CC(C)(C)C)CC2)c1. The Labute approximate surface area is 200 Å². The van der Waals surface area contributed by atoms with Gasteiger partial charge < -0.3 is 15.0 Å². The minimum absolute atomic E-state index is 0.0555. The van der Waals surface area contributed by atoms with E-state index in [1.54, 1.807) is 7.11 Å². The van der Waals surface area contributed by atoms with Crippen molar-refractivity contribution >= 4 is 27.2 Å². The third kappa shape index (κ3) is 5.62. The largest absolute Gasteiger partial charge is 0.497 e. The normalized spacial score (nSPS) is 20.3. The molecule has 0 radical (unpaired) electrons. The molecule has 32 heavy (non-hydrogen) atoms. The topological polar surface area (TPSA) is 36.9 Å². The van der Waals surface area contributed by atoms with Crippen LogP contribution in [0.4, 0.5) is 0 Å². The first kappa shape index (κ1) is 23.1. The van der Waals surface area contributed by atoms with Crippen LogP contribution in [0.1, 0.15) is 50.9 Å². The van der Waals surface area contributed by atoms with Gasteiger partial charge in [0.1, 0.15) is 11.9 Å². The van der Waals surface area contributed by atoms with E-state index in [1.165, 1.54) is 16.8 Å². The van der Waals surface area contributed by atoms with Crippen molar-refractivity contribution in [2.75, 3.05) is 26.7 Å². The molecule has 1 unspecified atom stereocenters. The summed E-state index contributed by atoms with van der Waals surface area (Å²) in [5.41, 5.74) is 5.07. The van der Waals surface area contributed by atoms with E-state index in [0.29, 0.717) is 11.3 Å². The molecule has 0 bridgehead atoms. The molecule has 0 aromatic heterocycles. The Kier molecular flexibility index (Phi) is 7.06. The zero-order valence-electron chi connectivity index (χ0n) is 19.6. The predicted octanol–water partition coefficient (Wildman–Crippen LogP) is 6.30. The van der Waals surface area contributed by atoms with Gasteiger partial charge in [-0.1, -0.05) is 61.0 Å². The molecule has 0 amide bonds. The fraction of sp³-hybridized carbons (Fsp3) is 0.444. The van der Waals surface area contributed by atoms with Crippen LogP contribution in [-0.4, -0.2) is 37.4 Å². The molecule has 1 N–H and O–H groups in total. The van der Waals surface area contributed by atoms with Crippen molar-refractivity contribution in [2.45, 2.75) is 39.8 Å². The first-order chi connectivity index (χ1) is 15.3. The molecule has 2 aromatic carbocycles. The van der Waals surface area contributed by atoms with Crippen molar-refractivity contribution in [3.05, 3.63) is 70.3 Å². The molecule has 1 saturated heterocycles. The van der Waals surface area contributed by atoms with E-state index in [-0.39, 0.29) is 6.17 Å². The van der Waals surface area contributed by atoms with Gasteiger partial charge in [-0.15, -0.1) is 0 Å². The van der Waals surface area contributed by atoms with Gasteiger partial charge in [-0.25, -0.2) is 0 Å². The predicted molar refractivity (Wildman–Crippen MR) is 137 cm³/mol. The minimum Gasteiger partial charge on any atom is -0.497 e. The molecule has 1 atom stereocenters. The standard InChI is InChI=1S/C27H34BrN3O/c1-27(2,3)18-31-14-12-19(13-15-31)25-24(21-6-5-7-23(16-21)32-4)17-29-26(30-25)20-8-10-22(28)11-9-20/h5-11,16-17,19,26,29H,12-15,18H2,1-4H3. The van der Waals surface area contributed by atoms with E-state index in [0.717, 1.165) is 48.3 Å². The lowest BCUT2D eigenvalue weighted by Crippen LogP contribution is -2.41. The number of likely N-dealkylation sites (tertiary alicyclic amines) is 1. The molecule has 4 rings (SSSR count). The molecule has 170 valence electrons. The second-order valence-corrected chi connectivity index (χ2v) is 11.0. The second kappa shape index (κ2) is 9.80. The van der Waals surface area contributed by atoms with Gasteiger partial charge >= 0.3 is 0 Å². The van der Waals surface area contributed by atoms with Crippen LogP contribution in [0.5, 0.6) is 5.75 Å². The average molecular weight is 496 g/mol. The molecule has 5 heteroatoms. The van der Waals surface area contributed by atoms with E-state index >= 15 is 0 Å². The first-order valence-corrected chi connectivity index (χ1v) is 12.3. The highest BCUT2D eigenvalue weighted by Crippen LogP contribution is 2.34. The van der Waals surface area contributed by atoms with Crippen molar-refractivity contribution in [2.24, 2.45) is 16.3 Å². The molecule has 0 spiro atoms. The van der Waals surface area contributed by atoms with Gasteiger partial charge in [-0.3, -0.25) is 4.99 Å². The zero-order chi connectivity index (χ0) is 22.7. The average Bonchev–Trinajstić information content (AvgIpc) is 2.79. The van der Waals surface area contributed by atoms with Gasteiger partial charge in [0.25, 0.3) is 0 Å². The molecule has 4 nitrogen and oxygen atoms in total. The van der Waals surface area contributed by atoms with E-state index in [9.17, 15) is 0 Å². The van der Waals surface area contributed by atoms with Gasteiger partial charge in [-0.05, 0) is 66.7 Å². The lowest BCUT2D eigenvalue weighted by molar-refractivity contribution is 0.152. The third-order valence-electron chi connectivity index (χ3n) is 6.17. The third-order valence-corrected chi connectivity index (χ3v) is 6.70. The van der Waals surface area contributed by atoms with Crippen LogP contribution in [0, 0.1) is 11.3 Å². The number of halogens is 1. The highest BCUT2D eigenvalue weighted by Gasteiger charge is 2.30. The smallest absolute Gasteiger partial charge is 0.144 e. The first-order valence-electron chi connectivity index (χ1n) is 11.5. The highest BCUT2D eigenvalue weighted by atomic mass is 79.9. The number of hydrogen-bond acceptors (Lipinski definition) is 4. The molecule has 2 heterocycles. The Morgan fingerprint density at radius 1 is 1.09 bits per heavy atom. The van der Waals surface area contributed by atoms with Crippen molar-refractivity contribution in [3.63, 3.8) is 0 Å². The number of benzene rings is 2. The van der Waals surface area contributed by atoms with E-state index in [2.05, 4.69) is 95.6 Å². The van der Waals surface area contributed by atoms with Crippen molar-refractivity contribution in [1.29, 1.82) is 0 Å². The summed E-state index contributed by atoms with van der Waals surface area (Å²) >= 11 is 3.54. The summed E-state index contributed by atoms with van der Waals surface area (Å²) < 4.78 is 6.57. The van der Waals surface area contributed by atoms with Crippen molar-refractivity contribution in [3.8, 4) is 5.75 Å². The summed E-state index contributed by atoms with van der Waals surface area (Å²) in [6.07, 6.45) is 4.39. The lowest BCUT2D eigenvalue weighted by Gasteiger charge is -2.37. The van der Waals surface area contributed by atoms with E-state index < -0.39 is 0 Å². The number of ether oxygens (including phenoxy) is 1. The summed E-state index contributed by atoms with van der Waals surface area (Å²) in [4.78, 5) is 7.89. The number of aliphatic imine (C=N–C) groups is 1. The fourth-order valence-electron chi connectivity index (χ4n) is 4.68. The summed E-state index contributed by atoms with van der Waals surface area (Å²) in [7, 11) is 1.72. The molecular weight excluding hydrogens is 462 g/mol. The Bertz CT molecular complexity index is 983. The Balaban J connectivity index is 1.61. The number of allylic oxidation sites excluding steroid dienone is 1. The van der Waals surface area contributed by atoms with Crippen molar-refractivity contribution < 1.29 is 4.74 Å². The maximum atomic E-state index is 5.49. The maximum absolute atomic E-state index is 5.49. The van der Waals surface area contributed by atoms with Gasteiger partial charge in [0.15, 0.2) is 0 Å². The molecule has 0 saturated carbocycles. The summed E-state index contributed by atoms with van der Waals surface area (Å²) in [6.45, 7) is 10.4. The van der Waals surface area contributed by atoms with E-state index in [4.69, 9.17) is 9.73 Å². The summed E-state index contributed by atoms with van der Waals surface area (Å²) in [5, 5.41) is 3.53. The monoisotopic (exact) mass is 495 g/mol. The second-order valence-electron chi connectivity index (χ2n) is 10.0. The number of methoxy groups -OCH3 is 1. The number of hydrogen-bond donors (Lipinski definition) is 1. The van der Waals surface area contributed by atoms with Crippen LogP contribution in [0.2, 0.25) is 0 Å².